The van der Waals surface area contributed by atoms with Crippen molar-refractivity contribution >= 4 is 44.6 Å². The lowest BCUT2D eigenvalue weighted by Gasteiger charge is -2.10. The molecule has 3 N–H and O–H groups in total. The van der Waals surface area contributed by atoms with E-state index in [-0.39, 0.29) is 26.7 Å². The van der Waals surface area contributed by atoms with Gasteiger partial charge in [0, 0.05) is 18.5 Å². The first-order valence-corrected chi connectivity index (χ1v) is 6.21. The Kier molecular flexibility index (Phi) is 4.01. The summed E-state index contributed by atoms with van der Waals surface area (Å²) >= 11 is 7.70. The van der Waals surface area contributed by atoms with E-state index in [1.807, 2.05) is 0 Å². The number of nitrogens with two attached hydrogens (primary N) is 1. The van der Waals surface area contributed by atoms with E-state index in [1.54, 1.807) is 0 Å². The Hall–Kier alpha value is -1.67. The van der Waals surface area contributed by atoms with E-state index in [0.29, 0.717) is 0 Å². The van der Waals surface area contributed by atoms with E-state index < -0.39 is 11.6 Å². The molecule has 0 fully saturated rings. The third kappa shape index (κ3) is 3.02. The van der Waals surface area contributed by atoms with Crippen LogP contribution in [0.2, 0.25) is 0 Å². The second-order valence-electron chi connectivity index (χ2n) is 3.49. The monoisotopic (exact) mass is 344 g/mol. The molecule has 98 valence electrons. The van der Waals surface area contributed by atoms with Crippen LogP contribution in [0.3, 0.4) is 0 Å². The molecule has 0 amide bonds. The van der Waals surface area contributed by atoms with Crippen molar-refractivity contribution in [1.82, 2.24) is 9.97 Å². The van der Waals surface area contributed by atoms with Crippen molar-refractivity contribution in [2.24, 2.45) is 5.73 Å². The average Bonchev–Trinajstić information content (AvgIpc) is 2.36. The minimum atomic E-state index is -0.646. The van der Waals surface area contributed by atoms with Crippen LogP contribution >= 0.6 is 28.1 Å². The molecule has 1 aromatic carbocycles. The van der Waals surface area contributed by atoms with Crippen LogP contribution in [0.4, 0.5) is 20.3 Å². The van der Waals surface area contributed by atoms with Crippen molar-refractivity contribution < 1.29 is 8.78 Å². The van der Waals surface area contributed by atoms with Crippen molar-refractivity contribution in [3.05, 3.63) is 46.3 Å². The Morgan fingerprint density at radius 3 is 2.58 bits per heavy atom. The van der Waals surface area contributed by atoms with Gasteiger partial charge in [-0.15, -0.1) is 0 Å². The normalized spacial score (nSPS) is 10.3. The van der Waals surface area contributed by atoms with Gasteiger partial charge in [0.15, 0.2) is 5.82 Å². The second kappa shape index (κ2) is 5.54. The minimum absolute atomic E-state index is 0.00796. The fraction of sp³-hybridized carbons (Fsp3) is 0. The van der Waals surface area contributed by atoms with E-state index in [2.05, 4.69) is 31.2 Å². The van der Waals surface area contributed by atoms with Crippen LogP contribution in [0, 0.1) is 11.6 Å². The number of nitrogens with one attached hydrogen (secondary N) is 1. The molecule has 0 spiro atoms. The third-order valence-corrected chi connectivity index (χ3v) is 3.00. The fourth-order valence-electron chi connectivity index (χ4n) is 1.36. The van der Waals surface area contributed by atoms with Crippen LogP contribution < -0.4 is 11.1 Å². The summed E-state index contributed by atoms with van der Waals surface area (Å²) in [6.07, 6.45) is 2.79. The van der Waals surface area contributed by atoms with E-state index in [4.69, 9.17) is 18.0 Å². The Morgan fingerprint density at radius 1 is 1.21 bits per heavy atom. The number of benzene rings is 1. The van der Waals surface area contributed by atoms with Crippen LogP contribution in [0.15, 0.2) is 29.0 Å². The van der Waals surface area contributed by atoms with Crippen molar-refractivity contribution in [2.45, 2.75) is 0 Å². The van der Waals surface area contributed by atoms with E-state index in [0.717, 1.165) is 12.1 Å². The van der Waals surface area contributed by atoms with Crippen LogP contribution in [0.1, 0.15) is 5.69 Å². The number of anilines is 2. The number of nitrogens with zero attached hydrogens (tertiary/aromatic N) is 2. The summed E-state index contributed by atoms with van der Waals surface area (Å²) < 4.78 is 27.1. The molecular weight excluding hydrogens is 338 g/mol. The summed E-state index contributed by atoms with van der Waals surface area (Å²) in [7, 11) is 0. The Labute approximate surface area is 121 Å². The molecular formula is C11H7BrF2N4S. The molecule has 0 bridgehead atoms. The summed E-state index contributed by atoms with van der Waals surface area (Å²) in [4.78, 5) is 7.88. The lowest BCUT2D eigenvalue weighted by atomic mass is 10.3. The second-order valence-corrected chi connectivity index (χ2v) is 4.78. The molecule has 0 radical (unpaired) electrons. The average molecular weight is 345 g/mol. The summed E-state index contributed by atoms with van der Waals surface area (Å²) in [5.41, 5.74) is 5.60. The summed E-state index contributed by atoms with van der Waals surface area (Å²) in [5, 5.41) is 2.61. The molecule has 1 heterocycles. The number of rotatable bonds is 3. The molecule has 0 aliphatic heterocycles. The zero-order valence-corrected chi connectivity index (χ0v) is 11.7. The maximum atomic E-state index is 13.7. The Bertz CT molecular complexity index is 651. The number of hydrogen-bond donors (Lipinski definition) is 2. The highest BCUT2D eigenvalue weighted by Gasteiger charge is 2.12. The smallest absolute Gasteiger partial charge is 0.159 e. The van der Waals surface area contributed by atoms with Crippen LogP contribution in [-0.4, -0.2) is 15.0 Å². The largest absolute Gasteiger partial charge is 0.388 e. The molecule has 0 saturated heterocycles. The van der Waals surface area contributed by atoms with Crippen LogP contribution in [0.25, 0.3) is 0 Å². The predicted octanol–water partition coefficient (Wildman–Crippen LogP) is 2.90. The van der Waals surface area contributed by atoms with Gasteiger partial charge >= 0.3 is 0 Å². The maximum absolute atomic E-state index is 13.7. The lowest BCUT2D eigenvalue weighted by molar-refractivity contribution is 0.597. The molecule has 2 aromatic rings. The molecule has 0 saturated carbocycles. The Balaban J connectivity index is 2.42. The van der Waals surface area contributed by atoms with Crippen LogP contribution in [0.5, 0.6) is 0 Å². The molecule has 2 rings (SSSR count). The highest BCUT2D eigenvalue weighted by molar-refractivity contribution is 9.10. The van der Waals surface area contributed by atoms with Gasteiger partial charge in [-0.2, -0.15) is 0 Å². The Morgan fingerprint density at radius 2 is 1.89 bits per heavy atom. The SMILES string of the molecule is NC(=S)c1nccnc1Nc1cc(F)c(Br)cc1F. The van der Waals surface area contributed by atoms with Gasteiger partial charge in [0.1, 0.15) is 22.3 Å². The number of halogens is 3. The fourth-order valence-corrected chi connectivity index (χ4v) is 1.82. The summed E-state index contributed by atoms with van der Waals surface area (Å²) in [6.45, 7) is 0. The summed E-state index contributed by atoms with van der Waals surface area (Å²) in [6, 6.07) is 2.01. The van der Waals surface area contributed by atoms with Gasteiger partial charge in [0.2, 0.25) is 0 Å². The molecule has 0 atom stereocenters. The molecule has 4 nitrogen and oxygen atoms in total. The zero-order valence-electron chi connectivity index (χ0n) is 9.32. The van der Waals surface area contributed by atoms with E-state index >= 15 is 0 Å². The summed E-state index contributed by atoms with van der Waals surface area (Å²) in [5.74, 6) is -1.09. The van der Waals surface area contributed by atoms with Gasteiger partial charge in [-0.3, -0.25) is 0 Å². The van der Waals surface area contributed by atoms with E-state index in [9.17, 15) is 8.78 Å². The quantitative estimate of drug-likeness (QED) is 0.662. The number of aromatic nitrogens is 2. The number of hydrogen-bond acceptors (Lipinski definition) is 4. The first kappa shape index (κ1) is 13.8. The maximum Gasteiger partial charge on any atom is 0.159 e. The first-order valence-electron chi connectivity index (χ1n) is 5.01. The molecule has 1 aromatic heterocycles. The number of thiocarbonyl (C=S) groups is 1. The van der Waals surface area contributed by atoms with Crippen molar-refractivity contribution in [3.63, 3.8) is 0 Å². The highest BCUT2D eigenvalue weighted by Crippen LogP contribution is 2.26. The van der Waals surface area contributed by atoms with Gasteiger partial charge in [0.25, 0.3) is 0 Å². The molecule has 0 aliphatic carbocycles. The molecule has 0 unspecified atom stereocenters. The predicted molar refractivity (Wildman–Crippen MR) is 75.3 cm³/mol. The van der Waals surface area contributed by atoms with Crippen molar-refractivity contribution in [3.8, 4) is 0 Å². The lowest BCUT2D eigenvalue weighted by Crippen LogP contribution is -2.15. The first-order chi connectivity index (χ1) is 8.99. The van der Waals surface area contributed by atoms with Gasteiger partial charge in [-0.1, -0.05) is 12.2 Å². The molecule has 8 heteroatoms. The van der Waals surface area contributed by atoms with Gasteiger partial charge in [-0.25, -0.2) is 18.7 Å². The van der Waals surface area contributed by atoms with Crippen molar-refractivity contribution in [1.29, 1.82) is 0 Å². The standard InChI is InChI=1S/C11H7BrF2N4S/c12-5-3-7(14)8(4-6(5)13)18-11-9(10(15)19)16-1-2-17-11/h1-4H,(H2,15,19)(H,17,18). The van der Waals surface area contributed by atoms with Gasteiger partial charge in [-0.05, 0) is 22.0 Å². The van der Waals surface area contributed by atoms with Gasteiger partial charge in [0.05, 0.1) is 10.2 Å². The molecule has 0 aliphatic rings. The van der Waals surface area contributed by atoms with Gasteiger partial charge < -0.3 is 11.1 Å². The molecule has 19 heavy (non-hydrogen) atoms. The third-order valence-electron chi connectivity index (χ3n) is 2.19. The van der Waals surface area contributed by atoms with E-state index in [1.165, 1.54) is 12.4 Å². The van der Waals surface area contributed by atoms with Crippen LogP contribution in [-0.2, 0) is 0 Å². The minimum Gasteiger partial charge on any atom is -0.388 e. The van der Waals surface area contributed by atoms with Crippen molar-refractivity contribution in [2.75, 3.05) is 5.32 Å². The zero-order chi connectivity index (χ0) is 14.0. The highest BCUT2D eigenvalue weighted by atomic mass is 79.9. The topological polar surface area (TPSA) is 63.8 Å².